The summed E-state index contributed by atoms with van der Waals surface area (Å²) in [7, 11) is 0. The second-order valence-corrected chi connectivity index (χ2v) is 2.73. The number of H-pyrrole nitrogens is 1. The van der Waals surface area contributed by atoms with Gasteiger partial charge in [0.05, 0.1) is 6.57 Å². The number of hydrogen-bond donors (Lipinski definition) is 1. The number of nitrogens with zero attached hydrogens (tertiary/aromatic N) is 1. The molecular formula is C11H8N2. The summed E-state index contributed by atoms with van der Waals surface area (Å²) in [5, 5.41) is 1.16. The zero-order valence-electron chi connectivity index (χ0n) is 6.99. The van der Waals surface area contributed by atoms with Gasteiger partial charge in [0.2, 0.25) is 0 Å². The molecule has 0 saturated heterocycles. The summed E-state index contributed by atoms with van der Waals surface area (Å²) in [4.78, 5) is 6.32. The number of aromatic amines is 1. The van der Waals surface area contributed by atoms with Gasteiger partial charge in [-0.05, 0) is 11.6 Å². The highest BCUT2D eigenvalue weighted by atomic mass is 14.7. The Hall–Kier alpha value is -2.01. The molecule has 0 saturated carbocycles. The van der Waals surface area contributed by atoms with E-state index in [0.29, 0.717) is 0 Å². The van der Waals surface area contributed by atoms with Crippen LogP contribution in [0.1, 0.15) is 5.56 Å². The fourth-order valence-electron chi connectivity index (χ4n) is 1.35. The molecule has 13 heavy (non-hydrogen) atoms. The molecule has 2 rings (SSSR count). The van der Waals surface area contributed by atoms with Crippen LogP contribution >= 0.6 is 0 Å². The normalized spacial score (nSPS) is 10.7. The van der Waals surface area contributed by atoms with Crippen molar-refractivity contribution >= 4 is 17.0 Å². The van der Waals surface area contributed by atoms with Gasteiger partial charge < -0.3 is 4.98 Å². The van der Waals surface area contributed by atoms with Crippen molar-refractivity contribution in [2.24, 2.45) is 0 Å². The average Bonchev–Trinajstić information content (AvgIpc) is 2.58. The quantitative estimate of drug-likeness (QED) is 0.631. The first-order valence-corrected chi connectivity index (χ1v) is 4.01. The van der Waals surface area contributed by atoms with Gasteiger partial charge in [-0.25, -0.2) is 4.85 Å². The fourth-order valence-corrected chi connectivity index (χ4v) is 1.35. The molecule has 1 aromatic heterocycles. The molecular weight excluding hydrogens is 160 g/mol. The van der Waals surface area contributed by atoms with E-state index in [1.807, 2.05) is 36.5 Å². The molecule has 0 bridgehead atoms. The van der Waals surface area contributed by atoms with Gasteiger partial charge in [-0.15, -0.1) is 0 Å². The zero-order valence-corrected chi connectivity index (χ0v) is 6.99. The standard InChI is InChI=1S/C11H8N2/c1-12-7-6-9-8-13-11-5-3-2-4-10(9)11/h2-8,13H/b7-6-. The van der Waals surface area contributed by atoms with Crippen LogP contribution in [0.15, 0.2) is 36.7 Å². The first kappa shape index (κ1) is 7.63. The Labute approximate surface area is 76.3 Å². The molecule has 0 unspecified atom stereocenters. The summed E-state index contributed by atoms with van der Waals surface area (Å²) in [6, 6.07) is 8.03. The van der Waals surface area contributed by atoms with Crippen molar-refractivity contribution in [3.8, 4) is 0 Å². The van der Waals surface area contributed by atoms with Gasteiger partial charge in [0.15, 0.2) is 6.20 Å². The Morgan fingerprint density at radius 3 is 3.00 bits per heavy atom. The SMILES string of the molecule is [C-]#[N+]/C=C\c1c[nH]c2ccccc12. The molecule has 0 atom stereocenters. The van der Waals surface area contributed by atoms with Crippen LogP contribution in [-0.4, -0.2) is 4.98 Å². The van der Waals surface area contributed by atoms with Crippen LogP contribution in [0.3, 0.4) is 0 Å². The van der Waals surface area contributed by atoms with E-state index in [1.54, 1.807) is 0 Å². The highest BCUT2D eigenvalue weighted by Crippen LogP contribution is 2.18. The Bertz CT molecular complexity index is 486. The maximum Gasteiger partial charge on any atom is 0.154 e. The van der Waals surface area contributed by atoms with E-state index < -0.39 is 0 Å². The van der Waals surface area contributed by atoms with E-state index in [1.165, 1.54) is 6.20 Å². The van der Waals surface area contributed by atoms with Crippen LogP contribution in [0.25, 0.3) is 21.8 Å². The highest BCUT2D eigenvalue weighted by molar-refractivity contribution is 5.88. The molecule has 1 aromatic carbocycles. The average molecular weight is 168 g/mol. The van der Waals surface area contributed by atoms with E-state index in [2.05, 4.69) is 9.83 Å². The zero-order chi connectivity index (χ0) is 9.10. The molecule has 2 aromatic rings. The molecule has 2 heteroatoms. The Morgan fingerprint density at radius 2 is 2.15 bits per heavy atom. The van der Waals surface area contributed by atoms with E-state index in [0.717, 1.165) is 16.5 Å². The first-order valence-electron chi connectivity index (χ1n) is 4.01. The van der Waals surface area contributed by atoms with Crippen LogP contribution in [-0.2, 0) is 0 Å². The summed E-state index contributed by atoms with van der Waals surface area (Å²) >= 11 is 0. The number of nitrogens with one attached hydrogen (secondary N) is 1. The van der Waals surface area contributed by atoms with Crippen LogP contribution in [0.4, 0.5) is 0 Å². The van der Waals surface area contributed by atoms with Crippen molar-refractivity contribution < 1.29 is 0 Å². The lowest BCUT2D eigenvalue weighted by Crippen LogP contribution is -1.66. The third-order valence-electron chi connectivity index (χ3n) is 1.95. The number of hydrogen-bond acceptors (Lipinski definition) is 0. The first-order chi connectivity index (χ1) is 6.42. The molecule has 1 N–H and O–H groups in total. The van der Waals surface area contributed by atoms with Crippen molar-refractivity contribution in [1.82, 2.24) is 4.98 Å². The largest absolute Gasteiger partial charge is 0.361 e. The van der Waals surface area contributed by atoms with Gasteiger partial charge in [0.25, 0.3) is 0 Å². The molecule has 0 aliphatic rings. The van der Waals surface area contributed by atoms with E-state index >= 15 is 0 Å². The fraction of sp³-hybridized carbons (Fsp3) is 0. The molecule has 62 valence electrons. The van der Waals surface area contributed by atoms with E-state index in [-0.39, 0.29) is 0 Å². The van der Waals surface area contributed by atoms with Crippen molar-refractivity contribution in [2.75, 3.05) is 0 Å². The number of aromatic nitrogens is 1. The Kier molecular flexibility index (Phi) is 1.85. The number of para-hydroxylation sites is 1. The van der Waals surface area contributed by atoms with Crippen LogP contribution in [0.5, 0.6) is 0 Å². The smallest absolute Gasteiger partial charge is 0.154 e. The number of fused-ring (bicyclic) bond motifs is 1. The minimum Gasteiger partial charge on any atom is -0.361 e. The topological polar surface area (TPSA) is 20.1 Å². The summed E-state index contributed by atoms with van der Waals surface area (Å²) in [5.74, 6) is 0. The van der Waals surface area contributed by atoms with Gasteiger partial charge in [-0.1, -0.05) is 24.3 Å². The maximum absolute atomic E-state index is 6.64. The van der Waals surface area contributed by atoms with E-state index in [4.69, 9.17) is 6.57 Å². The second-order valence-electron chi connectivity index (χ2n) is 2.73. The minimum absolute atomic E-state index is 1.06. The Balaban J connectivity index is 2.59. The van der Waals surface area contributed by atoms with Crippen LogP contribution in [0, 0.1) is 6.57 Å². The Morgan fingerprint density at radius 1 is 1.31 bits per heavy atom. The lowest BCUT2D eigenvalue weighted by atomic mass is 10.2. The monoisotopic (exact) mass is 168 g/mol. The summed E-state index contributed by atoms with van der Waals surface area (Å²) < 4.78 is 0. The molecule has 0 spiro atoms. The molecule has 0 aliphatic heterocycles. The highest BCUT2D eigenvalue weighted by Gasteiger charge is 1.97. The lowest BCUT2D eigenvalue weighted by molar-refractivity contribution is 1.47. The molecule has 0 aliphatic carbocycles. The molecule has 2 nitrogen and oxygen atoms in total. The summed E-state index contributed by atoms with van der Waals surface area (Å²) in [6.45, 7) is 6.64. The predicted molar refractivity (Wildman–Crippen MR) is 53.9 cm³/mol. The van der Waals surface area contributed by atoms with Crippen LogP contribution < -0.4 is 0 Å². The lowest BCUT2D eigenvalue weighted by Gasteiger charge is -1.88. The second kappa shape index (κ2) is 3.16. The molecule has 1 heterocycles. The van der Waals surface area contributed by atoms with E-state index in [9.17, 15) is 0 Å². The van der Waals surface area contributed by atoms with Crippen molar-refractivity contribution in [3.63, 3.8) is 0 Å². The number of benzene rings is 1. The van der Waals surface area contributed by atoms with Gasteiger partial charge in [0, 0.05) is 17.1 Å². The third-order valence-corrected chi connectivity index (χ3v) is 1.95. The third kappa shape index (κ3) is 1.32. The van der Waals surface area contributed by atoms with Crippen molar-refractivity contribution in [2.45, 2.75) is 0 Å². The van der Waals surface area contributed by atoms with Crippen LogP contribution in [0.2, 0.25) is 0 Å². The minimum atomic E-state index is 1.06. The summed E-state index contributed by atoms with van der Waals surface area (Å²) in [5.41, 5.74) is 2.17. The molecule has 0 amide bonds. The van der Waals surface area contributed by atoms with Crippen molar-refractivity contribution in [1.29, 1.82) is 0 Å². The van der Waals surface area contributed by atoms with Gasteiger partial charge >= 0.3 is 0 Å². The molecule has 0 radical (unpaired) electrons. The summed E-state index contributed by atoms with van der Waals surface area (Å²) in [6.07, 6.45) is 5.19. The molecule has 0 fully saturated rings. The predicted octanol–water partition coefficient (Wildman–Crippen LogP) is 3.06. The van der Waals surface area contributed by atoms with Gasteiger partial charge in [-0.3, -0.25) is 0 Å². The van der Waals surface area contributed by atoms with Gasteiger partial charge in [-0.2, -0.15) is 0 Å². The van der Waals surface area contributed by atoms with Gasteiger partial charge in [0.1, 0.15) is 0 Å². The van der Waals surface area contributed by atoms with Crippen molar-refractivity contribution in [3.05, 3.63) is 53.6 Å². The maximum atomic E-state index is 6.64. The number of rotatable bonds is 1.